The van der Waals surface area contributed by atoms with Crippen LogP contribution in [0.25, 0.3) is 22.6 Å². The van der Waals surface area contributed by atoms with Crippen LogP contribution >= 0.6 is 23.2 Å². The number of rotatable bonds is 6. The van der Waals surface area contributed by atoms with Crippen LogP contribution in [0.4, 0.5) is 5.69 Å². The van der Waals surface area contributed by atoms with Crippen molar-refractivity contribution < 1.29 is 9.52 Å². The van der Waals surface area contributed by atoms with Gasteiger partial charge in [0, 0.05) is 22.4 Å². The van der Waals surface area contributed by atoms with Crippen molar-refractivity contribution >= 4 is 46.2 Å². The molecule has 0 radical (unpaired) electrons. The molecule has 0 bridgehead atoms. The van der Waals surface area contributed by atoms with E-state index in [0.29, 0.717) is 28.1 Å². The number of hydrogen-bond donors (Lipinski definition) is 1. The molecule has 0 aliphatic rings. The maximum Gasteiger partial charge on any atom is 0.227 e. The molecule has 0 amide bonds. The topological polar surface area (TPSA) is 58.6 Å². The van der Waals surface area contributed by atoms with Crippen LogP contribution in [0.5, 0.6) is 5.75 Å². The van der Waals surface area contributed by atoms with Gasteiger partial charge in [-0.25, -0.2) is 4.98 Å². The van der Waals surface area contributed by atoms with Gasteiger partial charge in [0.25, 0.3) is 0 Å². The lowest BCUT2D eigenvalue weighted by molar-refractivity contribution is 0.475. The van der Waals surface area contributed by atoms with Gasteiger partial charge in [-0.3, -0.25) is 4.99 Å². The number of aromatic hydroxyl groups is 1. The molecule has 0 spiro atoms. The first-order chi connectivity index (χ1) is 14.9. The average molecular weight is 453 g/mol. The minimum absolute atomic E-state index is 0.0504. The highest BCUT2D eigenvalue weighted by Gasteiger charge is 2.11. The number of halogens is 2. The highest BCUT2D eigenvalue weighted by atomic mass is 35.5. The van der Waals surface area contributed by atoms with E-state index in [9.17, 15) is 5.11 Å². The highest BCUT2D eigenvalue weighted by molar-refractivity contribution is 6.36. The molecular formula is C25H22Cl2N2O2. The first-order valence-corrected chi connectivity index (χ1v) is 10.9. The van der Waals surface area contributed by atoms with Crippen molar-refractivity contribution in [3.8, 4) is 17.2 Å². The van der Waals surface area contributed by atoms with Crippen LogP contribution in [0.3, 0.4) is 0 Å². The van der Waals surface area contributed by atoms with Crippen LogP contribution in [-0.4, -0.2) is 16.3 Å². The van der Waals surface area contributed by atoms with E-state index in [0.717, 1.165) is 29.5 Å². The van der Waals surface area contributed by atoms with Crippen LogP contribution < -0.4 is 0 Å². The zero-order chi connectivity index (χ0) is 22.0. The molecule has 0 saturated heterocycles. The summed E-state index contributed by atoms with van der Waals surface area (Å²) >= 11 is 11.9. The Kier molecular flexibility index (Phi) is 6.30. The number of phenolic OH excluding ortho intramolecular Hbond substituents is 1. The summed E-state index contributed by atoms with van der Waals surface area (Å²) in [6.07, 6.45) is 3.83. The van der Waals surface area contributed by atoms with Gasteiger partial charge in [0.1, 0.15) is 11.3 Å². The number of aromatic nitrogens is 1. The van der Waals surface area contributed by atoms with Crippen molar-refractivity contribution in [1.82, 2.24) is 4.98 Å². The van der Waals surface area contributed by atoms with Crippen LogP contribution in [0.2, 0.25) is 10.0 Å². The lowest BCUT2D eigenvalue weighted by Gasteiger charge is -2.09. The molecule has 0 aliphatic carbocycles. The standard InChI is InChI=1S/C25H22Cl2N2O2/c1-3-4-15(2)17-7-10-23-22(12-17)29-25(31-23)16-5-8-20(9-6-16)28-14-18-11-19(26)13-21(27)24(18)30/h5-15,30H,3-4H2,1-2H3/t15-/m1/s1. The number of benzene rings is 3. The number of hydrogen-bond acceptors (Lipinski definition) is 4. The molecule has 4 rings (SSSR count). The molecular weight excluding hydrogens is 431 g/mol. The summed E-state index contributed by atoms with van der Waals surface area (Å²) < 4.78 is 5.95. The summed E-state index contributed by atoms with van der Waals surface area (Å²) in [5, 5.41) is 10.7. The van der Waals surface area contributed by atoms with E-state index in [-0.39, 0.29) is 10.8 Å². The van der Waals surface area contributed by atoms with Crippen molar-refractivity contribution in [2.24, 2.45) is 4.99 Å². The third kappa shape index (κ3) is 4.76. The molecule has 1 atom stereocenters. The largest absolute Gasteiger partial charge is 0.506 e. The molecule has 3 aromatic carbocycles. The van der Waals surface area contributed by atoms with E-state index in [2.05, 4.69) is 36.0 Å². The Balaban J connectivity index is 1.56. The SMILES string of the molecule is CCC[C@@H](C)c1ccc2oc(-c3ccc(N=Cc4cc(Cl)cc(Cl)c4O)cc3)nc2c1. The van der Waals surface area contributed by atoms with Crippen LogP contribution in [0.15, 0.2) is 64.0 Å². The van der Waals surface area contributed by atoms with Crippen molar-refractivity contribution in [3.63, 3.8) is 0 Å². The fourth-order valence-corrected chi connectivity index (χ4v) is 4.00. The van der Waals surface area contributed by atoms with Crippen LogP contribution in [0, 0.1) is 0 Å². The van der Waals surface area contributed by atoms with Gasteiger partial charge < -0.3 is 9.52 Å². The summed E-state index contributed by atoms with van der Waals surface area (Å²) in [5.74, 6) is 1.02. The molecule has 1 aromatic heterocycles. The average Bonchev–Trinajstić information content (AvgIpc) is 3.19. The van der Waals surface area contributed by atoms with Crippen LogP contribution in [0.1, 0.15) is 43.7 Å². The van der Waals surface area contributed by atoms with Gasteiger partial charge in [-0.15, -0.1) is 0 Å². The normalized spacial score (nSPS) is 12.6. The first kappa shape index (κ1) is 21.4. The predicted molar refractivity (Wildman–Crippen MR) is 128 cm³/mol. The lowest BCUT2D eigenvalue weighted by Crippen LogP contribution is -1.92. The molecule has 4 aromatic rings. The second kappa shape index (κ2) is 9.13. The Morgan fingerprint density at radius 3 is 2.61 bits per heavy atom. The Bertz CT molecular complexity index is 1250. The van der Waals surface area contributed by atoms with Crippen molar-refractivity contribution in [2.45, 2.75) is 32.6 Å². The molecule has 0 aliphatic heterocycles. The third-order valence-corrected chi connectivity index (χ3v) is 5.73. The zero-order valence-electron chi connectivity index (χ0n) is 17.3. The molecule has 0 unspecified atom stereocenters. The van der Waals surface area contributed by atoms with Crippen LogP contribution in [-0.2, 0) is 0 Å². The second-order valence-corrected chi connectivity index (χ2v) is 8.41. The van der Waals surface area contributed by atoms with E-state index in [1.54, 1.807) is 6.07 Å². The van der Waals surface area contributed by atoms with Crippen molar-refractivity contribution in [2.75, 3.05) is 0 Å². The van der Waals surface area contributed by atoms with E-state index >= 15 is 0 Å². The first-order valence-electron chi connectivity index (χ1n) is 10.2. The summed E-state index contributed by atoms with van der Waals surface area (Å²) in [6, 6.07) is 16.8. The van der Waals surface area contributed by atoms with E-state index in [4.69, 9.17) is 27.6 Å². The van der Waals surface area contributed by atoms with E-state index in [1.807, 2.05) is 30.3 Å². The predicted octanol–water partition coefficient (Wildman–Crippen LogP) is 8.16. The minimum Gasteiger partial charge on any atom is -0.506 e. The maximum absolute atomic E-state index is 10.0. The zero-order valence-corrected chi connectivity index (χ0v) is 18.8. The van der Waals surface area contributed by atoms with E-state index < -0.39 is 0 Å². The van der Waals surface area contributed by atoms with Gasteiger partial charge in [0.2, 0.25) is 5.89 Å². The maximum atomic E-state index is 10.0. The molecule has 158 valence electrons. The van der Waals surface area contributed by atoms with E-state index in [1.165, 1.54) is 17.8 Å². The Morgan fingerprint density at radius 1 is 1.10 bits per heavy atom. The van der Waals surface area contributed by atoms with Crippen molar-refractivity contribution in [1.29, 1.82) is 0 Å². The number of fused-ring (bicyclic) bond motifs is 1. The summed E-state index contributed by atoms with van der Waals surface area (Å²) in [6.45, 7) is 4.44. The summed E-state index contributed by atoms with van der Waals surface area (Å²) in [5.41, 5.74) is 4.96. The number of nitrogens with zero attached hydrogens (tertiary/aromatic N) is 2. The molecule has 1 heterocycles. The quantitative estimate of drug-likeness (QED) is 0.300. The number of oxazole rings is 1. The fourth-order valence-electron chi connectivity index (χ4n) is 3.49. The molecule has 0 fully saturated rings. The molecule has 1 N–H and O–H groups in total. The smallest absolute Gasteiger partial charge is 0.227 e. The Labute approximate surface area is 191 Å². The molecule has 4 nitrogen and oxygen atoms in total. The number of phenols is 1. The highest BCUT2D eigenvalue weighted by Crippen LogP contribution is 2.31. The van der Waals surface area contributed by atoms with Crippen molar-refractivity contribution in [3.05, 3.63) is 75.8 Å². The van der Waals surface area contributed by atoms with Gasteiger partial charge in [0.15, 0.2) is 5.58 Å². The number of aliphatic imine (C=N–C) groups is 1. The van der Waals surface area contributed by atoms with Gasteiger partial charge in [-0.05, 0) is 66.4 Å². The molecule has 31 heavy (non-hydrogen) atoms. The van der Waals surface area contributed by atoms with Gasteiger partial charge >= 0.3 is 0 Å². The molecule has 0 saturated carbocycles. The van der Waals surface area contributed by atoms with Gasteiger partial charge in [-0.2, -0.15) is 0 Å². The fraction of sp³-hybridized carbons (Fsp3) is 0.200. The monoisotopic (exact) mass is 452 g/mol. The third-order valence-electron chi connectivity index (χ3n) is 5.23. The summed E-state index contributed by atoms with van der Waals surface area (Å²) in [7, 11) is 0. The Morgan fingerprint density at radius 2 is 1.87 bits per heavy atom. The van der Waals surface area contributed by atoms with Gasteiger partial charge in [0.05, 0.1) is 10.7 Å². The second-order valence-electron chi connectivity index (χ2n) is 7.57. The lowest BCUT2D eigenvalue weighted by atomic mass is 9.96. The van der Waals surface area contributed by atoms with Gasteiger partial charge in [-0.1, -0.05) is 49.5 Å². The molecule has 6 heteroatoms. The summed E-state index contributed by atoms with van der Waals surface area (Å²) in [4.78, 5) is 9.07. The Hall–Kier alpha value is -2.82. The minimum atomic E-state index is -0.0504.